The Bertz CT molecular complexity index is 1790. The molecule has 4 aliphatic rings. The van der Waals surface area contributed by atoms with Crippen molar-refractivity contribution < 1.29 is 152 Å². The van der Waals surface area contributed by atoms with Crippen LogP contribution in [0.2, 0.25) is 0 Å². The van der Waals surface area contributed by atoms with Crippen molar-refractivity contribution in [1.82, 2.24) is 5.32 Å². The number of aliphatic hydroxyl groups excluding tert-OH is 3. The number of hydrogen-bond donors (Lipinski definition) is 6. The molecule has 14 nitrogen and oxygen atoms in total. The van der Waals surface area contributed by atoms with Crippen LogP contribution in [0.4, 0.5) is 4.79 Å². The molecule has 2 bridgehead atoms. The first kappa shape index (κ1) is 46.4. The summed E-state index contributed by atoms with van der Waals surface area (Å²) < 4.78 is 22.7. The van der Waals surface area contributed by atoms with Gasteiger partial charge in [-0.25, -0.2) is 14.4 Å². The van der Waals surface area contributed by atoms with Gasteiger partial charge in [-0.2, -0.15) is 0 Å². The molecule has 0 aromatic heterocycles. The maximum absolute atomic E-state index is 14.6. The Hall–Kier alpha value is -1.30. The number of esters is 2. The van der Waals surface area contributed by atoms with Gasteiger partial charge in [0.25, 0.3) is 0 Å². The summed E-state index contributed by atoms with van der Waals surface area (Å²) in [5, 5.41) is 62.9. The van der Waals surface area contributed by atoms with Gasteiger partial charge < -0.3 is 49.8 Å². The standard InChI is InChI=1S/C39H47NO13.2Ac/c1-6-50-35(47)40-27(21-13-9-7-10-14-21)29(43)34(46)52-23-18-39(49)32(53-33(45)22-15-11-8-12-16-22)30-37(5,24(41)17-25-38(30,48)19-51-25)31(44)28(42)26(20(23)2)36(39,3)4;;/h7-16,23-25,27-30,32,41-43,48-49H,6,17-19H2,1-5H3,(H,40,47);;/t23?,24?,25?,27?,28?,29?,30?,32?,37-,38?,39?;;/m1../s1. The average Bonchev–Trinajstić information content (AvgIpc) is 3.13. The molecular weight excluding hydrogens is 1140 g/mol. The minimum atomic E-state index is -2.30. The summed E-state index contributed by atoms with van der Waals surface area (Å²) in [5.74, 6) is -4.53. The molecule has 2 aromatic rings. The molecule has 3 aliphatic carbocycles. The van der Waals surface area contributed by atoms with Crippen LogP contribution in [0.25, 0.3) is 0 Å². The molecule has 16 heteroatoms. The molecule has 10 unspecified atom stereocenters. The summed E-state index contributed by atoms with van der Waals surface area (Å²) in [6.45, 7) is 7.28. The van der Waals surface area contributed by atoms with E-state index in [4.69, 9.17) is 18.9 Å². The van der Waals surface area contributed by atoms with E-state index in [1.54, 1.807) is 69.3 Å². The van der Waals surface area contributed by atoms with E-state index < -0.39 is 101 Å². The van der Waals surface area contributed by atoms with Gasteiger partial charge in [0.05, 0.1) is 42.4 Å². The zero-order chi connectivity index (χ0) is 38.7. The van der Waals surface area contributed by atoms with Crippen LogP contribution in [0, 0.1) is 105 Å². The van der Waals surface area contributed by atoms with E-state index in [9.17, 15) is 44.7 Å². The van der Waals surface area contributed by atoms with Gasteiger partial charge in [-0.05, 0) is 49.6 Å². The smallest absolute Gasteiger partial charge is 0.407 e. The van der Waals surface area contributed by atoms with Gasteiger partial charge >= 0.3 is 18.0 Å². The predicted octanol–water partition coefficient (Wildman–Crippen LogP) is 1.91. The third-order valence-corrected chi connectivity index (χ3v) is 12.1. The van der Waals surface area contributed by atoms with Crippen molar-refractivity contribution in [3.05, 3.63) is 82.9 Å². The summed E-state index contributed by atoms with van der Waals surface area (Å²) in [6.07, 6.45) is -11.2. The van der Waals surface area contributed by atoms with Gasteiger partial charge in [0.2, 0.25) is 0 Å². The number of rotatable bonds is 8. The van der Waals surface area contributed by atoms with Crippen molar-refractivity contribution >= 4 is 23.8 Å². The number of alkyl carbamates (subject to hydrolysis) is 1. The number of hydrogen-bond acceptors (Lipinski definition) is 13. The molecule has 0 spiro atoms. The minimum Gasteiger partial charge on any atom is -0.456 e. The molecule has 292 valence electrons. The Balaban J connectivity index is 0.00000336. The van der Waals surface area contributed by atoms with E-state index >= 15 is 0 Å². The first-order valence-corrected chi connectivity index (χ1v) is 17.7. The number of carbonyl (C=O) groups excluding carboxylic acids is 4. The minimum absolute atomic E-state index is 0. The van der Waals surface area contributed by atoms with E-state index in [2.05, 4.69) is 5.32 Å². The molecule has 1 amide bonds. The van der Waals surface area contributed by atoms with E-state index in [1.165, 1.54) is 26.0 Å². The quantitative estimate of drug-likeness (QED) is 0.127. The number of aliphatic hydroxyl groups is 5. The van der Waals surface area contributed by atoms with Crippen LogP contribution in [0.3, 0.4) is 0 Å². The van der Waals surface area contributed by atoms with Gasteiger partial charge in [-0.1, -0.05) is 62.4 Å². The third kappa shape index (κ3) is 7.81. The number of nitrogens with one attached hydrogen (secondary N) is 1. The molecule has 55 heavy (non-hydrogen) atoms. The Morgan fingerprint density at radius 3 is 2.13 bits per heavy atom. The summed E-state index contributed by atoms with van der Waals surface area (Å²) in [5.41, 5.74) is -7.16. The second-order valence-corrected chi connectivity index (χ2v) is 15.2. The van der Waals surface area contributed by atoms with E-state index in [0.29, 0.717) is 5.56 Å². The molecule has 6 rings (SSSR count). The van der Waals surface area contributed by atoms with Crippen molar-refractivity contribution in [2.75, 3.05) is 13.2 Å². The number of benzene rings is 2. The van der Waals surface area contributed by atoms with Crippen LogP contribution >= 0.6 is 0 Å². The van der Waals surface area contributed by atoms with Crippen LogP contribution in [0.15, 0.2) is 71.8 Å². The fourth-order valence-electron chi connectivity index (χ4n) is 9.03. The molecule has 3 fully saturated rings. The Morgan fingerprint density at radius 1 is 0.964 bits per heavy atom. The summed E-state index contributed by atoms with van der Waals surface area (Å²) in [7, 11) is 0. The first-order valence-electron chi connectivity index (χ1n) is 17.7. The molecule has 2 aromatic carbocycles. The van der Waals surface area contributed by atoms with Gasteiger partial charge in [0, 0.05) is 112 Å². The number of amides is 1. The van der Waals surface area contributed by atoms with Crippen LogP contribution in [0.1, 0.15) is 69.4 Å². The van der Waals surface area contributed by atoms with Gasteiger partial charge in [-0.3, -0.25) is 4.79 Å². The van der Waals surface area contributed by atoms with E-state index in [1.807, 2.05) is 0 Å². The molecule has 1 saturated heterocycles. The van der Waals surface area contributed by atoms with Crippen molar-refractivity contribution in [3.8, 4) is 0 Å². The summed E-state index contributed by atoms with van der Waals surface area (Å²) in [4.78, 5) is 54.8. The second kappa shape index (κ2) is 17.5. The van der Waals surface area contributed by atoms with Crippen molar-refractivity contribution in [1.29, 1.82) is 0 Å². The normalized spacial score (nSPS) is 34.3. The Labute approximate surface area is 390 Å². The zero-order valence-corrected chi connectivity index (χ0v) is 40.9. The fourth-order valence-corrected chi connectivity index (χ4v) is 9.03. The molecule has 2 radical (unpaired) electrons. The Kier molecular flexibility index (Phi) is 14.8. The number of ketones is 1. The largest absolute Gasteiger partial charge is 0.456 e. The first-order chi connectivity index (χ1) is 24.9. The number of ether oxygens (including phenoxy) is 4. The SMILES string of the molecule is CCOC(=O)NC(c1ccccc1)C(O)C(=O)OC1CC2(O)C(OC(=O)c3ccccc3)C3C4(O)COC4CC(O)[C@@]3(C)C(=O)C(O)C(=C1C)C2(C)C.[Ac].[Ac]. The molecule has 1 aliphatic heterocycles. The molecule has 6 N–H and O–H groups in total. The van der Waals surface area contributed by atoms with Gasteiger partial charge in [0.15, 0.2) is 11.9 Å². The number of carbonyl (C=O) groups is 4. The second-order valence-electron chi connectivity index (χ2n) is 15.2. The number of Topliss-reactive ketones (excluding diaryl/α,β-unsaturated/α-hetero) is 1. The van der Waals surface area contributed by atoms with Crippen LogP contribution in [-0.2, 0) is 28.5 Å². The topological polar surface area (TPSA) is 218 Å². The maximum Gasteiger partial charge on any atom is 0.407 e. The predicted molar refractivity (Wildman–Crippen MR) is 185 cm³/mol. The van der Waals surface area contributed by atoms with Crippen LogP contribution in [-0.4, -0.2) is 110 Å². The fraction of sp³-hybridized carbons (Fsp3) is 0.538. The molecule has 2 saturated carbocycles. The monoisotopic (exact) mass is 1190 g/mol. The van der Waals surface area contributed by atoms with Crippen molar-refractivity contribution in [2.45, 2.75) is 101 Å². The zero-order valence-electron chi connectivity index (χ0n) is 31.4. The molecule has 11 atom stereocenters. The van der Waals surface area contributed by atoms with Gasteiger partial charge in [0.1, 0.15) is 29.5 Å². The maximum atomic E-state index is 14.6. The molecule has 1 heterocycles. The van der Waals surface area contributed by atoms with Gasteiger partial charge in [-0.15, -0.1) is 0 Å². The summed E-state index contributed by atoms with van der Waals surface area (Å²) in [6, 6.07) is 14.7. The van der Waals surface area contributed by atoms with E-state index in [0.717, 1.165) is 0 Å². The van der Waals surface area contributed by atoms with E-state index in [-0.39, 0.29) is 124 Å². The van der Waals surface area contributed by atoms with Crippen molar-refractivity contribution in [2.24, 2.45) is 16.7 Å². The van der Waals surface area contributed by atoms with Crippen molar-refractivity contribution in [3.63, 3.8) is 0 Å². The third-order valence-electron chi connectivity index (χ3n) is 12.1. The summed E-state index contributed by atoms with van der Waals surface area (Å²) >= 11 is 0. The van der Waals surface area contributed by atoms with Crippen LogP contribution < -0.4 is 5.32 Å². The average molecular weight is 1190 g/mol. The van der Waals surface area contributed by atoms with Crippen LogP contribution in [0.5, 0.6) is 0 Å². The molecular formula is C39H47Ac2NO13. The Morgan fingerprint density at radius 2 is 1.56 bits per heavy atom. The number of fused-ring (bicyclic) bond motifs is 5.